The molecule has 1 fully saturated rings. The first kappa shape index (κ1) is 14.4. The van der Waals surface area contributed by atoms with Crippen LogP contribution in [0, 0.1) is 11.6 Å². The van der Waals surface area contributed by atoms with E-state index >= 15 is 0 Å². The van der Waals surface area contributed by atoms with Gasteiger partial charge in [0.05, 0.1) is 6.10 Å². The van der Waals surface area contributed by atoms with Crippen molar-refractivity contribution in [3.63, 3.8) is 0 Å². The predicted octanol–water partition coefficient (Wildman–Crippen LogP) is 2.30. The summed E-state index contributed by atoms with van der Waals surface area (Å²) in [5.41, 5.74) is 2.72. The Morgan fingerprint density at radius 1 is 1.32 bits per heavy atom. The largest absolute Gasteiger partial charge is 0.378 e. The predicted molar refractivity (Wildman–Crippen MR) is 69.4 cm³/mol. The average Bonchev–Trinajstić information content (AvgIpc) is 2.43. The Labute approximate surface area is 112 Å². The maximum atomic E-state index is 13.6. The van der Waals surface area contributed by atoms with Gasteiger partial charge in [-0.25, -0.2) is 8.78 Å². The molecule has 0 bridgehead atoms. The second-order valence-electron chi connectivity index (χ2n) is 4.99. The highest BCUT2D eigenvalue weighted by Gasteiger charge is 2.21. The van der Waals surface area contributed by atoms with E-state index < -0.39 is 11.6 Å². The van der Waals surface area contributed by atoms with E-state index in [1.165, 1.54) is 18.2 Å². The van der Waals surface area contributed by atoms with E-state index in [2.05, 4.69) is 5.43 Å². The molecule has 2 unspecified atom stereocenters. The number of benzene rings is 1. The summed E-state index contributed by atoms with van der Waals surface area (Å²) >= 11 is 0. The van der Waals surface area contributed by atoms with Crippen LogP contribution < -0.4 is 11.3 Å². The molecule has 1 aliphatic rings. The summed E-state index contributed by atoms with van der Waals surface area (Å²) in [7, 11) is 0. The van der Waals surface area contributed by atoms with E-state index in [-0.39, 0.29) is 24.1 Å². The highest BCUT2D eigenvalue weighted by Crippen LogP contribution is 2.20. The minimum absolute atomic E-state index is 0.0845. The summed E-state index contributed by atoms with van der Waals surface area (Å²) in [6, 6.07) is 3.71. The van der Waals surface area contributed by atoms with Crippen LogP contribution in [0.3, 0.4) is 0 Å². The van der Waals surface area contributed by atoms with Gasteiger partial charge in [-0.1, -0.05) is 6.07 Å². The summed E-state index contributed by atoms with van der Waals surface area (Å²) in [6.07, 6.45) is 4.23. The van der Waals surface area contributed by atoms with Gasteiger partial charge in [0.2, 0.25) is 0 Å². The van der Waals surface area contributed by atoms with E-state index in [0.717, 1.165) is 25.9 Å². The zero-order chi connectivity index (χ0) is 13.7. The standard InChI is InChI=1S/C14H20F2N2O/c15-13-5-3-6-14(16)12(13)9-10(18-17)8-11-4-1-2-7-19-11/h3,5-6,10-11,18H,1-2,4,7-9,17H2. The lowest BCUT2D eigenvalue weighted by atomic mass is 9.97. The maximum Gasteiger partial charge on any atom is 0.129 e. The number of hydrogen-bond donors (Lipinski definition) is 2. The molecular weight excluding hydrogens is 250 g/mol. The number of rotatable bonds is 5. The van der Waals surface area contributed by atoms with Gasteiger partial charge >= 0.3 is 0 Å². The third kappa shape index (κ3) is 3.96. The van der Waals surface area contributed by atoms with E-state index in [9.17, 15) is 8.78 Å². The maximum absolute atomic E-state index is 13.6. The van der Waals surface area contributed by atoms with Gasteiger partial charge in [0, 0.05) is 18.2 Å². The number of hydrazine groups is 1. The first-order valence-corrected chi connectivity index (χ1v) is 6.71. The Morgan fingerprint density at radius 2 is 2.05 bits per heavy atom. The number of halogens is 2. The lowest BCUT2D eigenvalue weighted by molar-refractivity contribution is 0.00514. The van der Waals surface area contributed by atoms with Crippen molar-refractivity contribution in [2.45, 2.75) is 44.2 Å². The lowest BCUT2D eigenvalue weighted by Gasteiger charge is -2.26. The molecule has 0 aliphatic carbocycles. The van der Waals surface area contributed by atoms with Gasteiger partial charge in [-0.2, -0.15) is 0 Å². The molecule has 2 rings (SSSR count). The first-order valence-electron chi connectivity index (χ1n) is 6.71. The third-order valence-electron chi connectivity index (χ3n) is 3.57. The quantitative estimate of drug-likeness (QED) is 0.637. The highest BCUT2D eigenvalue weighted by molar-refractivity contribution is 5.20. The van der Waals surface area contributed by atoms with E-state index in [0.29, 0.717) is 6.42 Å². The molecule has 1 aromatic rings. The Morgan fingerprint density at radius 3 is 2.63 bits per heavy atom. The molecule has 3 nitrogen and oxygen atoms in total. The van der Waals surface area contributed by atoms with Gasteiger partial charge < -0.3 is 4.74 Å². The monoisotopic (exact) mass is 270 g/mol. The van der Waals surface area contributed by atoms with Crippen LogP contribution in [-0.2, 0) is 11.2 Å². The van der Waals surface area contributed by atoms with Crippen LogP contribution in [0.15, 0.2) is 18.2 Å². The highest BCUT2D eigenvalue weighted by atomic mass is 19.1. The molecule has 19 heavy (non-hydrogen) atoms. The molecule has 5 heteroatoms. The summed E-state index contributed by atoms with van der Waals surface area (Å²) in [5.74, 6) is 4.44. The van der Waals surface area contributed by atoms with Gasteiger partial charge in [0.25, 0.3) is 0 Å². The minimum Gasteiger partial charge on any atom is -0.378 e. The third-order valence-corrected chi connectivity index (χ3v) is 3.57. The molecule has 0 saturated carbocycles. The van der Waals surface area contributed by atoms with Gasteiger partial charge in [-0.05, 0) is 44.2 Å². The molecule has 1 aliphatic heterocycles. The fourth-order valence-corrected chi connectivity index (χ4v) is 2.49. The second-order valence-corrected chi connectivity index (χ2v) is 4.99. The van der Waals surface area contributed by atoms with Crippen LogP contribution in [0.2, 0.25) is 0 Å². The fraction of sp³-hybridized carbons (Fsp3) is 0.571. The zero-order valence-electron chi connectivity index (χ0n) is 10.9. The molecule has 0 aromatic heterocycles. The van der Waals surface area contributed by atoms with Gasteiger partial charge in [-0.3, -0.25) is 11.3 Å². The topological polar surface area (TPSA) is 47.3 Å². The Balaban J connectivity index is 1.98. The Bertz CT molecular complexity index is 388. The van der Waals surface area contributed by atoms with Crippen LogP contribution >= 0.6 is 0 Å². The molecule has 0 radical (unpaired) electrons. The van der Waals surface area contributed by atoms with Crippen molar-refractivity contribution in [2.75, 3.05) is 6.61 Å². The zero-order valence-corrected chi connectivity index (χ0v) is 10.9. The van der Waals surface area contributed by atoms with Crippen LogP contribution in [0.4, 0.5) is 8.78 Å². The average molecular weight is 270 g/mol. The fourth-order valence-electron chi connectivity index (χ4n) is 2.49. The summed E-state index contributed by atoms with van der Waals surface area (Å²) < 4.78 is 32.8. The lowest BCUT2D eigenvalue weighted by Crippen LogP contribution is -2.40. The van der Waals surface area contributed by atoms with Crippen molar-refractivity contribution < 1.29 is 13.5 Å². The van der Waals surface area contributed by atoms with Crippen molar-refractivity contribution in [3.8, 4) is 0 Å². The van der Waals surface area contributed by atoms with Crippen LogP contribution in [-0.4, -0.2) is 18.8 Å². The van der Waals surface area contributed by atoms with Crippen molar-refractivity contribution >= 4 is 0 Å². The molecule has 2 atom stereocenters. The van der Waals surface area contributed by atoms with Crippen LogP contribution in [0.25, 0.3) is 0 Å². The molecule has 0 spiro atoms. The van der Waals surface area contributed by atoms with E-state index in [4.69, 9.17) is 10.6 Å². The normalized spacial score (nSPS) is 21.3. The number of hydrogen-bond acceptors (Lipinski definition) is 3. The van der Waals surface area contributed by atoms with Crippen LogP contribution in [0.5, 0.6) is 0 Å². The molecule has 1 heterocycles. The van der Waals surface area contributed by atoms with Crippen LogP contribution in [0.1, 0.15) is 31.2 Å². The molecular formula is C14H20F2N2O. The van der Waals surface area contributed by atoms with Crippen molar-refractivity contribution in [2.24, 2.45) is 5.84 Å². The number of nitrogens with two attached hydrogens (primary N) is 1. The summed E-state index contributed by atoms with van der Waals surface area (Å²) in [4.78, 5) is 0. The van der Waals surface area contributed by atoms with Crippen molar-refractivity contribution in [1.29, 1.82) is 0 Å². The summed E-state index contributed by atoms with van der Waals surface area (Å²) in [6.45, 7) is 0.760. The molecule has 1 saturated heterocycles. The summed E-state index contributed by atoms with van der Waals surface area (Å²) in [5, 5.41) is 0. The van der Waals surface area contributed by atoms with Gasteiger partial charge in [0.15, 0.2) is 0 Å². The van der Waals surface area contributed by atoms with Gasteiger partial charge in [-0.15, -0.1) is 0 Å². The SMILES string of the molecule is NNC(Cc1c(F)cccc1F)CC1CCCCO1. The smallest absolute Gasteiger partial charge is 0.129 e. The number of ether oxygens (including phenoxy) is 1. The molecule has 3 N–H and O–H groups in total. The Hall–Kier alpha value is -1.04. The number of nitrogens with one attached hydrogen (secondary N) is 1. The Kier molecular flexibility index (Phi) is 5.24. The van der Waals surface area contributed by atoms with Gasteiger partial charge in [0.1, 0.15) is 11.6 Å². The van der Waals surface area contributed by atoms with Crippen molar-refractivity contribution in [3.05, 3.63) is 35.4 Å². The molecule has 106 valence electrons. The van der Waals surface area contributed by atoms with Crippen molar-refractivity contribution in [1.82, 2.24) is 5.43 Å². The minimum atomic E-state index is -0.523. The second kappa shape index (κ2) is 6.93. The molecule has 1 aromatic carbocycles. The van der Waals surface area contributed by atoms with E-state index in [1.807, 2.05) is 0 Å². The van der Waals surface area contributed by atoms with E-state index in [1.54, 1.807) is 0 Å². The molecule has 0 amide bonds. The first-order chi connectivity index (χ1) is 9.20.